The number of alkyl halides is 3. The van der Waals surface area contributed by atoms with Crippen molar-refractivity contribution in [3.8, 4) is 0 Å². The molecule has 1 rings (SSSR count). The number of aliphatic hydroxyl groups is 1. The summed E-state index contributed by atoms with van der Waals surface area (Å²) in [6.07, 6.45) is -7.61. The first-order valence-electron chi connectivity index (χ1n) is 5.85. The van der Waals surface area contributed by atoms with Gasteiger partial charge in [0.15, 0.2) is 6.10 Å². The van der Waals surface area contributed by atoms with Crippen molar-refractivity contribution in [2.45, 2.75) is 12.3 Å². The van der Waals surface area contributed by atoms with E-state index in [0.29, 0.717) is 6.07 Å². The molecule has 0 bridgehead atoms. The molecule has 122 valence electrons. The third-order valence-corrected chi connectivity index (χ3v) is 2.40. The first-order chi connectivity index (χ1) is 10.1. The Balaban J connectivity index is 2.45. The average molecular weight is 326 g/mol. The van der Waals surface area contributed by atoms with Crippen molar-refractivity contribution in [3.63, 3.8) is 0 Å². The first-order valence-corrected chi connectivity index (χ1v) is 5.85. The lowest BCUT2D eigenvalue weighted by atomic mass is 10.2. The number of hydrogen-bond acceptors (Lipinski definition) is 3. The predicted molar refractivity (Wildman–Crippen MR) is 63.8 cm³/mol. The Morgan fingerprint density at radius 3 is 2.14 bits per heavy atom. The molecule has 22 heavy (non-hydrogen) atoms. The number of carbonyl (C=O) groups excluding carboxylic acids is 2. The van der Waals surface area contributed by atoms with Crippen LogP contribution in [0.1, 0.15) is 10.4 Å². The zero-order valence-electron chi connectivity index (χ0n) is 10.9. The number of halogens is 5. The Morgan fingerprint density at radius 1 is 1.09 bits per heavy atom. The van der Waals surface area contributed by atoms with E-state index in [1.54, 1.807) is 5.32 Å². The van der Waals surface area contributed by atoms with Crippen LogP contribution in [-0.4, -0.2) is 42.3 Å². The normalized spacial score (nSPS) is 12.6. The second kappa shape index (κ2) is 7.16. The number of rotatable bonds is 5. The molecule has 5 nitrogen and oxygen atoms in total. The van der Waals surface area contributed by atoms with Gasteiger partial charge >= 0.3 is 6.18 Å². The Kier molecular flexibility index (Phi) is 5.80. The molecule has 0 unspecified atom stereocenters. The minimum absolute atomic E-state index is 0.388. The van der Waals surface area contributed by atoms with E-state index in [9.17, 15) is 31.5 Å². The molecule has 0 aliphatic carbocycles. The van der Waals surface area contributed by atoms with Crippen LogP contribution in [0.25, 0.3) is 0 Å². The molecule has 0 aliphatic heterocycles. The molecule has 0 spiro atoms. The topological polar surface area (TPSA) is 78.4 Å². The van der Waals surface area contributed by atoms with Gasteiger partial charge in [0.05, 0.1) is 13.1 Å². The fourth-order valence-electron chi connectivity index (χ4n) is 1.34. The lowest BCUT2D eigenvalue weighted by Crippen LogP contribution is -2.44. The molecule has 0 radical (unpaired) electrons. The summed E-state index contributed by atoms with van der Waals surface area (Å²) >= 11 is 0. The minimum Gasteiger partial charge on any atom is -0.382 e. The van der Waals surface area contributed by atoms with Crippen molar-refractivity contribution < 1.29 is 36.6 Å². The Morgan fingerprint density at radius 2 is 1.64 bits per heavy atom. The van der Waals surface area contributed by atoms with E-state index >= 15 is 0 Å². The summed E-state index contributed by atoms with van der Waals surface area (Å²) in [5.74, 6) is -3.98. The monoisotopic (exact) mass is 326 g/mol. The molecular formula is C12H11F5N2O3. The highest BCUT2D eigenvalue weighted by atomic mass is 19.4. The van der Waals surface area contributed by atoms with Gasteiger partial charge in [-0.05, 0) is 12.1 Å². The Hall–Kier alpha value is -2.23. The van der Waals surface area contributed by atoms with Crippen LogP contribution in [0.4, 0.5) is 22.0 Å². The van der Waals surface area contributed by atoms with Gasteiger partial charge in [0.1, 0.15) is 11.6 Å². The molecule has 1 aromatic rings. The lowest BCUT2D eigenvalue weighted by Gasteiger charge is -2.15. The van der Waals surface area contributed by atoms with Gasteiger partial charge in [0, 0.05) is 11.6 Å². The maximum absolute atomic E-state index is 12.9. The molecular weight excluding hydrogens is 315 g/mol. The smallest absolute Gasteiger partial charge is 0.382 e. The molecule has 0 saturated heterocycles. The Bertz CT molecular complexity index is 542. The molecule has 2 amide bonds. The van der Waals surface area contributed by atoms with E-state index in [1.165, 1.54) is 0 Å². The van der Waals surface area contributed by atoms with Crippen LogP contribution in [-0.2, 0) is 4.79 Å². The van der Waals surface area contributed by atoms with Crippen LogP contribution < -0.4 is 10.6 Å². The molecule has 3 N–H and O–H groups in total. The van der Waals surface area contributed by atoms with Crippen molar-refractivity contribution in [2.75, 3.05) is 13.1 Å². The predicted octanol–water partition coefficient (Wildman–Crippen LogP) is 0.734. The molecule has 0 aliphatic rings. The maximum Gasteiger partial charge on any atom is 0.416 e. The van der Waals surface area contributed by atoms with E-state index in [-0.39, 0.29) is 5.56 Å². The second-order valence-corrected chi connectivity index (χ2v) is 4.20. The summed E-state index contributed by atoms with van der Waals surface area (Å²) in [5.41, 5.74) is -0.388. The molecule has 0 saturated carbocycles. The van der Waals surface area contributed by atoms with Crippen molar-refractivity contribution in [1.29, 1.82) is 0 Å². The second-order valence-electron chi connectivity index (χ2n) is 4.20. The van der Waals surface area contributed by atoms with Crippen LogP contribution in [0, 0.1) is 11.6 Å². The van der Waals surface area contributed by atoms with Gasteiger partial charge in [0.25, 0.3) is 5.91 Å². The summed E-state index contributed by atoms with van der Waals surface area (Å²) in [6, 6.07) is 2.00. The number of amides is 2. The van der Waals surface area contributed by atoms with Gasteiger partial charge in [-0.3, -0.25) is 9.59 Å². The van der Waals surface area contributed by atoms with Gasteiger partial charge in [-0.25, -0.2) is 8.78 Å². The number of benzene rings is 1. The van der Waals surface area contributed by atoms with Gasteiger partial charge in [-0.1, -0.05) is 0 Å². The van der Waals surface area contributed by atoms with Crippen molar-refractivity contribution >= 4 is 11.8 Å². The summed E-state index contributed by atoms with van der Waals surface area (Å²) in [7, 11) is 0. The van der Waals surface area contributed by atoms with Gasteiger partial charge in [0.2, 0.25) is 5.91 Å². The first kappa shape index (κ1) is 17.8. The molecule has 0 heterocycles. The van der Waals surface area contributed by atoms with Crippen molar-refractivity contribution in [1.82, 2.24) is 10.6 Å². The summed E-state index contributed by atoms with van der Waals surface area (Å²) in [5, 5.41) is 12.4. The maximum atomic E-state index is 12.9. The van der Waals surface area contributed by atoms with Crippen LogP contribution in [0.5, 0.6) is 0 Å². The van der Waals surface area contributed by atoms with Crippen LogP contribution >= 0.6 is 0 Å². The van der Waals surface area contributed by atoms with Gasteiger partial charge in [-0.2, -0.15) is 13.2 Å². The number of nitrogens with one attached hydrogen (secondary N) is 2. The standard InChI is InChI=1S/C12H11F5N2O3/c13-7-1-6(2-8(14)3-7)11(22)19-5-10(21)18-4-9(20)12(15,16)17/h1-3,9,20H,4-5H2,(H,18,21)(H,19,22)/t9-/m1/s1. The van der Waals surface area contributed by atoms with E-state index in [0.717, 1.165) is 12.1 Å². The van der Waals surface area contributed by atoms with Crippen LogP contribution in [0.3, 0.4) is 0 Å². The fourth-order valence-corrected chi connectivity index (χ4v) is 1.34. The third-order valence-electron chi connectivity index (χ3n) is 2.40. The van der Waals surface area contributed by atoms with Crippen LogP contribution in [0.2, 0.25) is 0 Å². The Labute approximate surface area is 121 Å². The molecule has 0 aromatic heterocycles. The molecule has 1 atom stereocenters. The average Bonchev–Trinajstić information content (AvgIpc) is 2.39. The van der Waals surface area contributed by atoms with Crippen molar-refractivity contribution in [3.05, 3.63) is 35.4 Å². The van der Waals surface area contributed by atoms with Crippen molar-refractivity contribution in [2.24, 2.45) is 0 Å². The largest absolute Gasteiger partial charge is 0.416 e. The summed E-state index contributed by atoms with van der Waals surface area (Å²) in [4.78, 5) is 22.7. The van der Waals surface area contributed by atoms with Gasteiger partial charge in [-0.15, -0.1) is 0 Å². The highest BCUT2D eigenvalue weighted by molar-refractivity contribution is 5.96. The minimum atomic E-state index is -4.88. The van der Waals surface area contributed by atoms with Crippen LogP contribution in [0.15, 0.2) is 18.2 Å². The van der Waals surface area contributed by atoms with Gasteiger partial charge < -0.3 is 15.7 Å². The summed E-state index contributed by atoms with van der Waals surface area (Å²) < 4.78 is 61.7. The summed E-state index contributed by atoms with van der Waals surface area (Å²) in [6.45, 7) is -1.80. The number of carbonyl (C=O) groups is 2. The molecule has 0 fully saturated rings. The SMILES string of the molecule is O=C(CNC(=O)c1cc(F)cc(F)c1)NC[C@@H](O)C(F)(F)F. The number of aliphatic hydroxyl groups excluding tert-OH is 1. The molecule has 10 heteroatoms. The van der Waals surface area contributed by atoms with E-state index in [2.05, 4.69) is 0 Å². The zero-order chi connectivity index (χ0) is 16.9. The fraction of sp³-hybridized carbons (Fsp3) is 0.333. The quantitative estimate of drug-likeness (QED) is 0.698. The highest BCUT2D eigenvalue weighted by Crippen LogP contribution is 2.19. The third kappa shape index (κ3) is 5.64. The van der Waals surface area contributed by atoms with E-state index in [4.69, 9.17) is 5.11 Å². The zero-order valence-corrected chi connectivity index (χ0v) is 10.9. The van der Waals surface area contributed by atoms with E-state index < -0.39 is 48.8 Å². The lowest BCUT2D eigenvalue weighted by molar-refractivity contribution is -0.201. The van der Waals surface area contributed by atoms with E-state index in [1.807, 2.05) is 5.32 Å². The highest BCUT2D eigenvalue weighted by Gasteiger charge is 2.38. The molecule has 1 aromatic carbocycles. The number of hydrogen-bond donors (Lipinski definition) is 3.